The molecule has 0 aromatic heterocycles. The van der Waals surface area contributed by atoms with Gasteiger partial charge in [-0.2, -0.15) is 0 Å². The third kappa shape index (κ3) is 3.51. The maximum atomic E-state index is 9.18. The maximum Gasteiger partial charge on any atom is 0.137 e. The van der Waals surface area contributed by atoms with Crippen molar-refractivity contribution < 1.29 is 9.84 Å². The summed E-state index contributed by atoms with van der Waals surface area (Å²) in [4.78, 5) is 0. The molecule has 0 spiro atoms. The molecule has 16 heavy (non-hydrogen) atoms. The first-order chi connectivity index (χ1) is 7.71. The number of aliphatic hydroxyl groups is 1. The molecular formula is C13H21NO2. The van der Waals surface area contributed by atoms with Gasteiger partial charge in [0.25, 0.3) is 0 Å². The van der Waals surface area contributed by atoms with Crippen molar-refractivity contribution in [1.29, 1.82) is 0 Å². The molecule has 0 bridgehead atoms. The number of rotatable bonds is 6. The van der Waals surface area contributed by atoms with E-state index < -0.39 is 0 Å². The van der Waals surface area contributed by atoms with Crippen molar-refractivity contribution in [3.63, 3.8) is 0 Å². The van der Waals surface area contributed by atoms with Gasteiger partial charge in [-0.25, -0.2) is 0 Å². The Hall–Kier alpha value is -1.06. The van der Waals surface area contributed by atoms with Crippen molar-refractivity contribution in [2.45, 2.75) is 38.8 Å². The highest BCUT2D eigenvalue weighted by Crippen LogP contribution is 2.15. The zero-order chi connectivity index (χ0) is 12.0. The van der Waals surface area contributed by atoms with Crippen LogP contribution in [0.3, 0.4) is 0 Å². The standard InChI is InChI=1S/C13H21NO2/c1-3-10-5-7-11(8-6-10)16-13(9-15)12(14)4-2/h5-8,12-13,15H,3-4,9,14H2,1-2H3. The van der Waals surface area contributed by atoms with Crippen LogP contribution in [0.15, 0.2) is 24.3 Å². The summed E-state index contributed by atoms with van der Waals surface area (Å²) in [5.74, 6) is 0.764. The molecule has 0 aliphatic heterocycles. The van der Waals surface area contributed by atoms with E-state index in [0.29, 0.717) is 0 Å². The fraction of sp³-hybridized carbons (Fsp3) is 0.538. The molecule has 1 rings (SSSR count). The normalized spacial score (nSPS) is 14.5. The maximum absolute atomic E-state index is 9.18. The average molecular weight is 223 g/mol. The number of benzene rings is 1. The minimum absolute atomic E-state index is 0.0511. The van der Waals surface area contributed by atoms with Crippen molar-refractivity contribution in [3.8, 4) is 5.75 Å². The lowest BCUT2D eigenvalue weighted by Gasteiger charge is -2.22. The van der Waals surface area contributed by atoms with E-state index in [1.54, 1.807) is 0 Å². The van der Waals surface area contributed by atoms with E-state index in [4.69, 9.17) is 10.5 Å². The molecule has 3 heteroatoms. The zero-order valence-electron chi connectivity index (χ0n) is 10.0. The van der Waals surface area contributed by atoms with Crippen LogP contribution in [0, 0.1) is 0 Å². The van der Waals surface area contributed by atoms with Gasteiger partial charge in [-0.3, -0.25) is 0 Å². The molecule has 1 aromatic rings. The van der Waals surface area contributed by atoms with Crippen molar-refractivity contribution in [3.05, 3.63) is 29.8 Å². The van der Waals surface area contributed by atoms with E-state index in [1.807, 2.05) is 31.2 Å². The molecule has 90 valence electrons. The van der Waals surface area contributed by atoms with Gasteiger partial charge in [0.2, 0.25) is 0 Å². The summed E-state index contributed by atoms with van der Waals surface area (Å²) in [5, 5.41) is 9.18. The Morgan fingerprint density at radius 3 is 2.31 bits per heavy atom. The van der Waals surface area contributed by atoms with Crippen molar-refractivity contribution in [1.82, 2.24) is 0 Å². The summed E-state index contributed by atoms with van der Waals surface area (Å²) >= 11 is 0. The van der Waals surface area contributed by atoms with E-state index in [9.17, 15) is 5.11 Å². The molecule has 2 atom stereocenters. The minimum atomic E-state index is -0.322. The second-order valence-corrected chi connectivity index (χ2v) is 3.91. The van der Waals surface area contributed by atoms with Crippen LogP contribution in [0.25, 0.3) is 0 Å². The van der Waals surface area contributed by atoms with E-state index in [0.717, 1.165) is 18.6 Å². The average Bonchev–Trinajstić information content (AvgIpc) is 2.35. The highest BCUT2D eigenvalue weighted by atomic mass is 16.5. The number of ether oxygens (including phenoxy) is 1. The smallest absolute Gasteiger partial charge is 0.137 e. The molecule has 0 heterocycles. The Morgan fingerprint density at radius 2 is 1.88 bits per heavy atom. The number of hydrogen-bond acceptors (Lipinski definition) is 3. The topological polar surface area (TPSA) is 55.5 Å². The minimum Gasteiger partial charge on any atom is -0.486 e. The summed E-state index contributed by atoms with van der Waals surface area (Å²) in [6, 6.07) is 7.77. The van der Waals surface area contributed by atoms with Gasteiger partial charge in [-0.05, 0) is 30.5 Å². The summed E-state index contributed by atoms with van der Waals surface area (Å²) < 4.78 is 5.64. The third-order valence-corrected chi connectivity index (χ3v) is 2.75. The van der Waals surface area contributed by atoms with Gasteiger partial charge in [0.05, 0.1) is 6.61 Å². The monoisotopic (exact) mass is 223 g/mol. The van der Waals surface area contributed by atoms with E-state index in [1.165, 1.54) is 5.56 Å². The van der Waals surface area contributed by atoms with Crippen LogP contribution < -0.4 is 10.5 Å². The van der Waals surface area contributed by atoms with E-state index in [2.05, 4.69) is 6.92 Å². The van der Waals surface area contributed by atoms with Crippen LogP contribution in [0.2, 0.25) is 0 Å². The SMILES string of the molecule is CCc1ccc(OC(CO)C(N)CC)cc1. The fourth-order valence-electron chi connectivity index (χ4n) is 1.50. The van der Waals surface area contributed by atoms with Gasteiger partial charge in [0.15, 0.2) is 0 Å². The van der Waals surface area contributed by atoms with E-state index in [-0.39, 0.29) is 18.8 Å². The first-order valence-corrected chi connectivity index (χ1v) is 5.83. The molecule has 0 radical (unpaired) electrons. The lowest BCUT2D eigenvalue weighted by atomic mass is 10.1. The Balaban J connectivity index is 2.63. The summed E-state index contributed by atoms with van der Waals surface area (Å²) in [7, 11) is 0. The number of aryl methyl sites for hydroxylation is 1. The summed E-state index contributed by atoms with van der Waals surface area (Å²) in [5.41, 5.74) is 7.12. The molecule has 0 saturated heterocycles. The summed E-state index contributed by atoms with van der Waals surface area (Å²) in [6.45, 7) is 4.04. The largest absolute Gasteiger partial charge is 0.486 e. The molecule has 0 fully saturated rings. The third-order valence-electron chi connectivity index (χ3n) is 2.75. The van der Waals surface area contributed by atoms with Crippen LogP contribution in [-0.2, 0) is 6.42 Å². The summed E-state index contributed by atoms with van der Waals surface area (Å²) in [6.07, 6.45) is 1.48. The lowest BCUT2D eigenvalue weighted by molar-refractivity contribution is 0.0932. The lowest BCUT2D eigenvalue weighted by Crippen LogP contribution is -2.41. The molecule has 2 unspecified atom stereocenters. The zero-order valence-corrected chi connectivity index (χ0v) is 10.0. The Morgan fingerprint density at radius 1 is 1.25 bits per heavy atom. The molecule has 3 N–H and O–H groups in total. The van der Waals surface area contributed by atoms with Gasteiger partial charge in [-0.15, -0.1) is 0 Å². The Kier molecular flexibility index (Phi) is 5.29. The van der Waals surface area contributed by atoms with Crippen LogP contribution >= 0.6 is 0 Å². The molecule has 0 aliphatic rings. The molecule has 3 nitrogen and oxygen atoms in total. The highest BCUT2D eigenvalue weighted by molar-refractivity contribution is 5.27. The Bertz CT molecular complexity index is 297. The highest BCUT2D eigenvalue weighted by Gasteiger charge is 2.16. The quantitative estimate of drug-likeness (QED) is 0.772. The fourth-order valence-corrected chi connectivity index (χ4v) is 1.50. The number of aliphatic hydroxyl groups excluding tert-OH is 1. The van der Waals surface area contributed by atoms with Crippen LogP contribution in [0.5, 0.6) is 5.75 Å². The van der Waals surface area contributed by atoms with Crippen molar-refractivity contribution >= 4 is 0 Å². The second kappa shape index (κ2) is 6.51. The Labute approximate surface area is 97.2 Å². The van der Waals surface area contributed by atoms with Crippen LogP contribution in [0.1, 0.15) is 25.8 Å². The second-order valence-electron chi connectivity index (χ2n) is 3.91. The van der Waals surface area contributed by atoms with Crippen molar-refractivity contribution in [2.75, 3.05) is 6.61 Å². The predicted octanol–water partition coefficient (Wildman–Crippen LogP) is 1.73. The van der Waals surface area contributed by atoms with Gasteiger partial charge in [0.1, 0.15) is 11.9 Å². The van der Waals surface area contributed by atoms with Crippen LogP contribution in [-0.4, -0.2) is 23.9 Å². The first-order valence-electron chi connectivity index (χ1n) is 5.83. The van der Waals surface area contributed by atoms with Gasteiger partial charge < -0.3 is 15.6 Å². The van der Waals surface area contributed by atoms with E-state index >= 15 is 0 Å². The number of hydrogen-bond donors (Lipinski definition) is 2. The number of nitrogens with two attached hydrogens (primary N) is 1. The van der Waals surface area contributed by atoms with Gasteiger partial charge >= 0.3 is 0 Å². The molecular weight excluding hydrogens is 202 g/mol. The van der Waals surface area contributed by atoms with Crippen molar-refractivity contribution in [2.24, 2.45) is 5.73 Å². The molecule has 0 aliphatic carbocycles. The van der Waals surface area contributed by atoms with Gasteiger partial charge in [-0.1, -0.05) is 26.0 Å². The van der Waals surface area contributed by atoms with Gasteiger partial charge in [0, 0.05) is 6.04 Å². The molecule has 0 amide bonds. The molecule has 1 aromatic carbocycles. The van der Waals surface area contributed by atoms with Crippen LogP contribution in [0.4, 0.5) is 0 Å². The molecule has 0 saturated carbocycles. The predicted molar refractivity (Wildman–Crippen MR) is 65.6 cm³/mol. The first kappa shape index (κ1) is 13.0.